The number of H-pyrrole nitrogens is 1. The fourth-order valence-corrected chi connectivity index (χ4v) is 1.44. The highest BCUT2D eigenvalue weighted by Crippen LogP contribution is 2.11. The van der Waals surface area contributed by atoms with Gasteiger partial charge >= 0.3 is 0 Å². The third-order valence-electron chi connectivity index (χ3n) is 2.20. The maximum atomic E-state index is 11.5. The molecule has 5 nitrogen and oxygen atoms in total. The quantitative estimate of drug-likeness (QED) is 0.670. The number of hydrogen-bond acceptors (Lipinski definition) is 3. The molecule has 2 heterocycles. The summed E-state index contributed by atoms with van der Waals surface area (Å²) in [7, 11) is 0. The third-order valence-corrected chi connectivity index (χ3v) is 2.20. The molecule has 0 unspecified atom stereocenters. The van der Waals surface area contributed by atoms with Gasteiger partial charge in [0, 0.05) is 12.7 Å². The number of halogens is 1. The Bertz CT molecular complexity index is 282. The number of carbonyl (C=O) groups excluding carboxylic acids is 1. The second kappa shape index (κ2) is 4.97. The van der Waals surface area contributed by atoms with Gasteiger partial charge < -0.3 is 10.6 Å². The van der Waals surface area contributed by atoms with Gasteiger partial charge in [0.25, 0.3) is 0 Å². The smallest absolute Gasteiger partial charge is 0.228 e. The molecule has 1 aromatic heterocycles. The number of amides is 1. The summed E-state index contributed by atoms with van der Waals surface area (Å²) in [6, 6.07) is 0. The summed E-state index contributed by atoms with van der Waals surface area (Å²) >= 11 is 0. The minimum Gasteiger partial charge on any atom is -0.323 e. The SMILES string of the molecule is Cl.O=C(Nc1cn[nH]c1)[C@@H]1CCNC1. The van der Waals surface area contributed by atoms with Crippen LogP contribution in [0.5, 0.6) is 0 Å². The van der Waals surface area contributed by atoms with E-state index < -0.39 is 0 Å². The standard InChI is InChI=1S/C8H12N4O.ClH/c13-8(6-1-2-9-3-6)12-7-4-10-11-5-7;/h4-6,9H,1-3H2,(H,10,11)(H,12,13);1H/t6-;/m1./s1. The Hall–Kier alpha value is -1.07. The van der Waals surface area contributed by atoms with E-state index in [0.717, 1.165) is 25.2 Å². The Morgan fingerprint density at radius 1 is 1.64 bits per heavy atom. The first-order valence-electron chi connectivity index (χ1n) is 4.36. The molecule has 1 fully saturated rings. The highest BCUT2D eigenvalue weighted by Gasteiger charge is 2.22. The van der Waals surface area contributed by atoms with Crippen LogP contribution in [0, 0.1) is 5.92 Å². The number of nitrogens with zero attached hydrogens (tertiary/aromatic N) is 1. The van der Waals surface area contributed by atoms with Gasteiger partial charge in [-0.15, -0.1) is 12.4 Å². The topological polar surface area (TPSA) is 69.8 Å². The van der Waals surface area contributed by atoms with E-state index in [4.69, 9.17) is 0 Å². The summed E-state index contributed by atoms with van der Waals surface area (Å²) in [5.41, 5.74) is 0.733. The molecule has 0 bridgehead atoms. The van der Waals surface area contributed by atoms with Gasteiger partial charge in [-0.2, -0.15) is 5.10 Å². The fraction of sp³-hybridized carbons (Fsp3) is 0.500. The van der Waals surface area contributed by atoms with Crippen LogP contribution >= 0.6 is 12.4 Å². The average Bonchev–Trinajstić information content (AvgIpc) is 2.74. The van der Waals surface area contributed by atoms with Crippen molar-refractivity contribution in [3.63, 3.8) is 0 Å². The molecular formula is C8H13ClN4O. The highest BCUT2D eigenvalue weighted by molar-refractivity contribution is 5.92. The predicted octanol–water partition coefficient (Wildman–Crippen LogP) is 0.379. The van der Waals surface area contributed by atoms with E-state index in [0.29, 0.717) is 0 Å². The molecule has 6 heteroatoms. The summed E-state index contributed by atoms with van der Waals surface area (Å²) in [6.45, 7) is 1.72. The maximum Gasteiger partial charge on any atom is 0.228 e. The summed E-state index contributed by atoms with van der Waals surface area (Å²) in [6.07, 6.45) is 4.18. The molecule has 1 saturated heterocycles. The van der Waals surface area contributed by atoms with Gasteiger partial charge in [0.05, 0.1) is 17.8 Å². The first-order chi connectivity index (χ1) is 6.36. The van der Waals surface area contributed by atoms with Crippen molar-refractivity contribution in [2.24, 2.45) is 5.92 Å². The van der Waals surface area contributed by atoms with Gasteiger partial charge in [0.1, 0.15) is 0 Å². The van der Waals surface area contributed by atoms with E-state index >= 15 is 0 Å². The second-order valence-corrected chi connectivity index (χ2v) is 3.17. The number of hydrogen-bond donors (Lipinski definition) is 3. The van der Waals surface area contributed by atoms with Crippen molar-refractivity contribution in [3.8, 4) is 0 Å². The zero-order chi connectivity index (χ0) is 9.10. The molecule has 14 heavy (non-hydrogen) atoms. The molecule has 78 valence electrons. The predicted molar refractivity (Wildman–Crippen MR) is 55.4 cm³/mol. The van der Waals surface area contributed by atoms with Crippen LogP contribution in [0.15, 0.2) is 12.4 Å². The van der Waals surface area contributed by atoms with Gasteiger partial charge in [0.15, 0.2) is 0 Å². The molecule has 1 amide bonds. The highest BCUT2D eigenvalue weighted by atomic mass is 35.5. The molecule has 1 atom stereocenters. The molecule has 1 aromatic rings. The van der Waals surface area contributed by atoms with Crippen LogP contribution in [0.2, 0.25) is 0 Å². The van der Waals surface area contributed by atoms with Crippen molar-refractivity contribution in [3.05, 3.63) is 12.4 Å². The van der Waals surface area contributed by atoms with Crippen molar-refractivity contribution in [1.29, 1.82) is 0 Å². The Labute approximate surface area is 88.1 Å². The molecule has 0 aromatic carbocycles. The van der Waals surface area contributed by atoms with Gasteiger partial charge in [-0.25, -0.2) is 0 Å². The van der Waals surface area contributed by atoms with Crippen LogP contribution in [0.1, 0.15) is 6.42 Å². The third kappa shape index (κ3) is 2.46. The molecule has 0 radical (unpaired) electrons. The largest absolute Gasteiger partial charge is 0.323 e. The van der Waals surface area contributed by atoms with Crippen LogP contribution in [0.25, 0.3) is 0 Å². The zero-order valence-electron chi connectivity index (χ0n) is 7.62. The van der Waals surface area contributed by atoms with Crippen LogP contribution in [0.3, 0.4) is 0 Å². The summed E-state index contributed by atoms with van der Waals surface area (Å²) in [5, 5.41) is 12.3. The van der Waals surface area contributed by atoms with Crippen LogP contribution in [-0.4, -0.2) is 29.2 Å². The van der Waals surface area contributed by atoms with Gasteiger partial charge in [-0.1, -0.05) is 0 Å². The summed E-state index contributed by atoms with van der Waals surface area (Å²) < 4.78 is 0. The first kappa shape index (κ1) is 11.0. The second-order valence-electron chi connectivity index (χ2n) is 3.17. The van der Waals surface area contributed by atoms with Crippen molar-refractivity contribution < 1.29 is 4.79 Å². The van der Waals surface area contributed by atoms with Gasteiger partial charge in [-0.05, 0) is 13.0 Å². The van der Waals surface area contributed by atoms with Crippen LogP contribution < -0.4 is 10.6 Å². The Balaban J connectivity index is 0.000000980. The lowest BCUT2D eigenvalue weighted by molar-refractivity contribution is -0.119. The van der Waals surface area contributed by atoms with E-state index in [1.807, 2.05) is 0 Å². The van der Waals surface area contributed by atoms with Crippen molar-refractivity contribution in [2.45, 2.75) is 6.42 Å². The lowest BCUT2D eigenvalue weighted by atomic mass is 10.1. The number of rotatable bonds is 2. The van der Waals surface area contributed by atoms with Crippen molar-refractivity contribution in [2.75, 3.05) is 18.4 Å². The van der Waals surface area contributed by atoms with Gasteiger partial charge in [0.2, 0.25) is 5.91 Å². The maximum absolute atomic E-state index is 11.5. The molecule has 3 N–H and O–H groups in total. The fourth-order valence-electron chi connectivity index (χ4n) is 1.44. The average molecular weight is 217 g/mol. The van der Waals surface area contributed by atoms with E-state index in [9.17, 15) is 4.79 Å². The van der Waals surface area contributed by atoms with Gasteiger partial charge in [-0.3, -0.25) is 9.89 Å². The molecule has 1 aliphatic rings. The lowest BCUT2D eigenvalue weighted by Crippen LogP contribution is -2.24. The Kier molecular flexibility index (Phi) is 3.91. The molecule has 0 aliphatic carbocycles. The molecule has 0 saturated carbocycles. The minimum absolute atomic E-state index is 0. The molecule has 2 rings (SSSR count). The zero-order valence-corrected chi connectivity index (χ0v) is 8.43. The molecular weight excluding hydrogens is 204 g/mol. The van der Waals surface area contributed by atoms with Crippen molar-refractivity contribution in [1.82, 2.24) is 15.5 Å². The van der Waals surface area contributed by atoms with Crippen LogP contribution in [0.4, 0.5) is 5.69 Å². The monoisotopic (exact) mass is 216 g/mol. The normalized spacial score (nSPS) is 20.1. The summed E-state index contributed by atoms with van der Waals surface area (Å²) in [5.74, 6) is 0.182. The molecule has 0 spiro atoms. The molecule has 1 aliphatic heterocycles. The lowest BCUT2D eigenvalue weighted by Gasteiger charge is -2.06. The van der Waals surface area contributed by atoms with E-state index in [1.54, 1.807) is 12.4 Å². The minimum atomic E-state index is 0. The number of anilines is 1. The Morgan fingerprint density at radius 3 is 3.07 bits per heavy atom. The van der Waals surface area contributed by atoms with E-state index in [1.165, 1.54) is 0 Å². The summed E-state index contributed by atoms with van der Waals surface area (Å²) in [4.78, 5) is 11.5. The van der Waals surface area contributed by atoms with Crippen LogP contribution in [-0.2, 0) is 4.79 Å². The number of aromatic amines is 1. The van der Waals surface area contributed by atoms with Crippen molar-refractivity contribution >= 4 is 24.0 Å². The first-order valence-corrected chi connectivity index (χ1v) is 4.36. The van der Waals surface area contributed by atoms with E-state index in [2.05, 4.69) is 20.8 Å². The number of carbonyl (C=O) groups is 1. The number of aromatic nitrogens is 2. The van der Waals surface area contributed by atoms with E-state index in [-0.39, 0.29) is 24.2 Å². The number of nitrogens with one attached hydrogen (secondary N) is 3. The Morgan fingerprint density at radius 2 is 2.50 bits per heavy atom.